The number of aryl methyl sites for hydroxylation is 1. The highest BCUT2D eigenvalue weighted by atomic mass is 16.5. The number of fused-ring (bicyclic) bond motifs is 5. The largest absolute Gasteiger partial charge is 0.494 e. The maximum absolute atomic E-state index is 10.5. The van der Waals surface area contributed by atoms with E-state index in [1.54, 1.807) is 0 Å². The van der Waals surface area contributed by atoms with Crippen LogP contribution in [-0.2, 0) is 6.42 Å². The fourth-order valence-electron chi connectivity index (χ4n) is 5.80. The first-order valence-corrected chi connectivity index (χ1v) is 9.16. The molecule has 3 heteroatoms. The second-order valence-electron chi connectivity index (χ2n) is 8.00. The third-order valence-electron chi connectivity index (χ3n) is 6.98. The lowest BCUT2D eigenvalue weighted by Gasteiger charge is -2.49. The van der Waals surface area contributed by atoms with E-state index in [0.717, 1.165) is 31.4 Å². The summed E-state index contributed by atoms with van der Waals surface area (Å²) in [6, 6.07) is 6.60. The number of aliphatic hydroxyl groups excluding tert-OH is 2. The van der Waals surface area contributed by atoms with Crippen molar-refractivity contribution >= 4 is 0 Å². The van der Waals surface area contributed by atoms with Crippen LogP contribution in [0.25, 0.3) is 0 Å². The van der Waals surface area contributed by atoms with E-state index in [-0.39, 0.29) is 5.41 Å². The standard InChI is InChI=1S/C20H28O3/c1-3-23-13-5-7-14-12(10-13)4-6-16-15(14)8-9-20(2)17(16)11-18(21)19(20)22/h5,7,10,15-19,21-22H,3-4,6,8-9,11H2,1-2H3/t15-,16-,17-,18+,19+,20-/m1/s1. The number of rotatable bonds is 2. The summed E-state index contributed by atoms with van der Waals surface area (Å²) >= 11 is 0. The molecule has 0 bridgehead atoms. The molecule has 3 nitrogen and oxygen atoms in total. The van der Waals surface area contributed by atoms with E-state index < -0.39 is 12.2 Å². The Bertz CT molecular complexity index is 599. The number of ether oxygens (including phenoxy) is 1. The second-order valence-corrected chi connectivity index (χ2v) is 8.00. The molecule has 0 unspecified atom stereocenters. The summed E-state index contributed by atoms with van der Waals surface area (Å²) in [4.78, 5) is 0. The van der Waals surface area contributed by atoms with Gasteiger partial charge < -0.3 is 14.9 Å². The van der Waals surface area contributed by atoms with Crippen molar-refractivity contribution in [2.75, 3.05) is 6.61 Å². The molecule has 0 aliphatic heterocycles. The van der Waals surface area contributed by atoms with Crippen LogP contribution in [0, 0.1) is 17.3 Å². The molecule has 1 aromatic rings. The average Bonchev–Trinajstić information content (AvgIpc) is 2.78. The predicted molar refractivity (Wildman–Crippen MR) is 89.6 cm³/mol. The lowest BCUT2D eigenvalue weighted by atomic mass is 9.55. The van der Waals surface area contributed by atoms with Gasteiger partial charge in [0.2, 0.25) is 0 Å². The van der Waals surface area contributed by atoms with Gasteiger partial charge in [-0.15, -0.1) is 0 Å². The molecule has 3 aliphatic carbocycles. The molecule has 0 saturated heterocycles. The van der Waals surface area contributed by atoms with E-state index >= 15 is 0 Å². The highest BCUT2D eigenvalue weighted by Crippen LogP contribution is 2.60. The first-order valence-electron chi connectivity index (χ1n) is 9.16. The Kier molecular flexibility index (Phi) is 3.69. The van der Waals surface area contributed by atoms with E-state index in [2.05, 4.69) is 25.1 Å². The molecule has 1 aromatic carbocycles. The van der Waals surface area contributed by atoms with Gasteiger partial charge in [-0.2, -0.15) is 0 Å². The van der Waals surface area contributed by atoms with Gasteiger partial charge >= 0.3 is 0 Å². The van der Waals surface area contributed by atoms with Gasteiger partial charge in [0.15, 0.2) is 0 Å². The molecule has 126 valence electrons. The van der Waals surface area contributed by atoms with Crippen LogP contribution in [0.2, 0.25) is 0 Å². The van der Waals surface area contributed by atoms with Crippen LogP contribution in [0.4, 0.5) is 0 Å². The van der Waals surface area contributed by atoms with Crippen molar-refractivity contribution in [3.8, 4) is 5.75 Å². The monoisotopic (exact) mass is 316 g/mol. The van der Waals surface area contributed by atoms with Gasteiger partial charge in [-0.1, -0.05) is 13.0 Å². The van der Waals surface area contributed by atoms with E-state index in [4.69, 9.17) is 4.74 Å². The van der Waals surface area contributed by atoms with Gasteiger partial charge in [0.1, 0.15) is 5.75 Å². The number of benzene rings is 1. The zero-order valence-electron chi connectivity index (χ0n) is 14.2. The van der Waals surface area contributed by atoms with Crippen molar-refractivity contribution in [2.24, 2.45) is 17.3 Å². The number of hydrogen-bond acceptors (Lipinski definition) is 3. The van der Waals surface area contributed by atoms with Gasteiger partial charge in [0.25, 0.3) is 0 Å². The Morgan fingerprint density at radius 1 is 1.26 bits per heavy atom. The molecule has 0 aromatic heterocycles. The van der Waals surface area contributed by atoms with Crippen LogP contribution in [0.1, 0.15) is 56.6 Å². The van der Waals surface area contributed by atoms with Gasteiger partial charge in [-0.3, -0.25) is 0 Å². The molecule has 0 heterocycles. The van der Waals surface area contributed by atoms with Crippen molar-refractivity contribution in [3.63, 3.8) is 0 Å². The van der Waals surface area contributed by atoms with E-state index in [1.807, 2.05) is 6.92 Å². The fraction of sp³-hybridized carbons (Fsp3) is 0.700. The minimum Gasteiger partial charge on any atom is -0.494 e. The fourth-order valence-corrected chi connectivity index (χ4v) is 5.80. The summed E-state index contributed by atoms with van der Waals surface area (Å²) in [7, 11) is 0. The summed E-state index contributed by atoms with van der Waals surface area (Å²) in [5.41, 5.74) is 2.84. The van der Waals surface area contributed by atoms with E-state index in [9.17, 15) is 10.2 Å². The molecule has 6 atom stereocenters. The zero-order valence-corrected chi connectivity index (χ0v) is 14.2. The first kappa shape index (κ1) is 15.5. The third kappa shape index (κ3) is 2.24. The molecule has 2 N–H and O–H groups in total. The maximum atomic E-state index is 10.5. The Morgan fingerprint density at radius 2 is 2.09 bits per heavy atom. The Morgan fingerprint density at radius 3 is 2.87 bits per heavy atom. The molecule has 2 saturated carbocycles. The molecule has 2 fully saturated rings. The maximum Gasteiger partial charge on any atom is 0.119 e. The minimum absolute atomic E-state index is 0.0939. The van der Waals surface area contributed by atoms with Gasteiger partial charge in [0.05, 0.1) is 18.8 Å². The molecule has 3 aliphatic rings. The van der Waals surface area contributed by atoms with Crippen LogP contribution in [0.15, 0.2) is 18.2 Å². The van der Waals surface area contributed by atoms with Crippen molar-refractivity contribution in [1.82, 2.24) is 0 Å². The molecule has 0 radical (unpaired) electrons. The molecule has 0 amide bonds. The summed E-state index contributed by atoms with van der Waals surface area (Å²) in [5.74, 6) is 2.62. The highest BCUT2D eigenvalue weighted by molar-refractivity contribution is 5.40. The number of hydrogen-bond donors (Lipinski definition) is 2. The molecule has 4 rings (SSSR count). The zero-order chi connectivity index (χ0) is 16.2. The van der Waals surface area contributed by atoms with Crippen LogP contribution in [0.5, 0.6) is 5.75 Å². The van der Waals surface area contributed by atoms with Crippen molar-refractivity contribution in [1.29, 1.82) is 0 Å². The smallest absolute Gasteiger partial charge is 0.119 e. The summed E-state index contributed by atoms with van der Waals surface area (Å²) < 4.78 is 5.66. The van der Waals surface area contributed by atoms with Gasteiger partial charge in [-0.25, -0.2) is 0 Å². The Balaban J connectivity index is 1.65. The normalized spacial score (nSPS) is 41.8. The van der Waals surface area contributed by atoms with Crippen molar-refractivity contribution < 1.29 is 14.9 Å². The predicted octanol–water partition coefficient (Wildman–Crippen LogP) is 3.27. The van der Waals surface area contributed by atoms with E-state index in [1.165, 1.54) is 17.5 Å². The van der Waals surface area contributed by atoms with Crippen molar-refractivity contribution in [2.45, 2.75) is 64.1 Å². The van der Waals surface area contributed by atoms with Crippen LogP contribution in [-0.4, -0.2) is 29.0 Å². The second kappa shape index (κ2) is 5.49. The Hall–Kier alpha value is -1.06. The topological polar surface area (TPSA) is 49.7 Å². The Labute approximate surface area is 138 Å². The minimum atomic E-state index is -0.546. The quantitative estimate of drug-likeness (QED) is 0.880. The summed E-state index contributed by atoms with van der Waals surface area (Å²) in [6.07, 6.45) is 4.10. The SMILES string of the molecule is CCOc1ccc2c(c1)CC[C@@H]1[C@@H]2CC[C@]2(C)[C@@H]1C[C@H](O)[C@@H]2O. The molecule has 0 spiro atoms. The van der Waals surface area contributed by atoms with Crippen molar-refractivity contribution in [3.05, 3.63) is 29.3 Å². The van der Waals surface area contributed by atoms with Crippen LogP contribution in [0.3, 0.4) is 0 Å². The molecular formula is C20H28O3. The summed E-state index contributed by atoms with van der Waals surface area (Å²) in [6.45, 7) is 4.93. The summed E-state index contributed by atoms with van der Waals surface area (Å²) in [5, 5.41) is 20.7. The van der Waals surface area contributed by atoms with Crippen LogP contribution < -0.4 is 4.74 Å². The average molecular weight is 316 g/mol. The highest BCUT2D eigenvalue weighted by Gasteiger charge is 2.57. The van der Waals surface area contributed by atoms with E-state index in [0.29, 0.717) is 24.4 Å². The van der Waals surface area contributed by atoms with Crippen LogP contribution >= 0.6 is 0 Å². The third-order valence-corrected chi connectivity index (χ3v) is 6.98. The first-order chi connectivity index (χ1) is 11.0. The van der Waals surface area contributed by atoms with Gasteiger partial charge in [-0.05, 0) is 85.5 Å². The lowest BCUT2D eigenvalue weighted by Crippen LogP contribution is -2.44. The number of aliphatic hydroxyl groups is 2. The lowest BCUT2D eigenvalue weighted by molar-refractivity contribution is -0.0505. The molecular weight excluding hydrogens is 288 g/mol. The molecule has 23 heavy (non-hydrogen) atoms. The van der Waals surface area contributed by atoms with Gasteiger partial charge in [0, 0.05) is 0 Å².